The van der Waals surface area contributed by atoms with E-state index in [0.29, 0.717) is 39.4 Å². The lowest BCUT2D eigenvalue weighted by molar-refractivity contribution is -0.838. The van der Waals surface area contributed by atoms with Gasteiger partial charge in [-0.2, -0.15) is 18.1 Å². The summed E-state index contributed by atoms with van der Waals surface area (Å²) in [5, 5.41) is 11.2. The van der Waals surface area contributed by atoms with Crippen molar-refractivity contribution < 1.29 is 41.3 Å². The summed E-state index contributed by atoms with van der Waals surface area (Å²) in [7, 11) is 0. The molecule has 0 aliphatic carbocycles. The summed E-state index contributed by atoms with van der Waals surface area (Å²) in [6, 6.07) is 8.28. The highest BCUT2D eigenvalue weighted by atomic mass is 35.5. The highest BCUT2D eigenvalue weighted by Crippen LogP contribution is 2.36. The van der Waals surface area contributed by atoms with Crippen LogP contribution in [0.5, 0.6) is 0 Å². The molecule has 2 aromatic heterocycles. The molecular weight excluding hydrogens is 549 g/mol. The Morgan fingerprint density at radius 3 is 2.42 bits per heavy atom. The smallest absolute Gasteiger partial charge is 0.416 e. The van der Waals surface area contributed by atoms with E-state index in [1.165, 1.54) is 28.2 Å². The van der Waals surface area contributed by atoms with Crippen molar-refractivity contribution in [3.05, 3.63) is 98.6 Å². The quantitative estimate of drug-likeness (QED) is 0.254. The van der Waals surface area contributed by atoms with E-state index in [2.05, 4.69) is 4.98 Å². The van der Waals surface area contributed by atoms with Crippen molar-refractivity contribution in [1.82, 2.24) is 4.98 Å². The molecule has 0 fully saturated rings. The standard InChI is InChI=1S/C26H15ClF5N3O2S/c1-13-3-2-8-34-22(13)35(12-16-11-33-25(27)38-16)24(37)21(23(34)36)14-4-6-19(28)17(9-14)18-10-15(26(30,31)32)5-7-20(18)29/h2-11H,12H2,1H3/p+2. The van der Waals surface area contributed by atoms with Crippen LogP contribution in [-0.2, 0) is 17.5 Å². The number of aromatic nitrogens is 2. The van der Waals surface area contributed by atoms with Gasteiger partial charge in [0.2, 0.25) is 0 Å². The fourth-order valence-electron chi connectivity index (χ4n) is 4.42. The Bertz CT molecular complexity index is 1630. The van der Waals surface area contributed by atoms with Gasteiger partial charge >= 0.3 is 23.8 Å². The number of aryl methyl sites for hydroxylation is 1. The Balaban J connectivity index is 1.68. The summed E-state index contributed by atoms with van der Waals surface area (Å²) in [5.74, 6) is -2.66. The molecule has 5 rings (SSSR count). The minimum atomic E-state index is -4.78. The van der Waals surface area contributed by atoms with Gasteiger partial charge in [-0.05, 0) is 43.3 Å². The minimum Gasteiger partial charge on any atom is -0.459 e. The van der Waals surface area contributed by atoms with Crippen LogP contribution >= 0.6 is 22.9 Å². The van der Waals surface area contributed by atoms with E-state index in [-0.39, 0.29) is 22.1 Å². The molecule has 2 N–H and O–H groups in total. The summed E-state index contributed by atoms with van der Waals surface area (Å²) >= 11 is 7.14. The average Bonchev–Trinajstić information content (AvgIpc) is 3.27. The molecule has 194 valence electrons. The van der Waals surface area contributed by atoms with Crippen molar-refractivity contribution in [2.24, 2.45) is 0 Å². The van der Waals surface area contributed by atoms with Gasteiger partial charge in [0.1, 0.15) is 18.2 Å². The molecule has 0 bridgehead atoms. The molecule has 1 amide bonds. The van der Waals surface area contributed by atoms with E-state index in [1.807, 2.05) is 0 Å². The maximum atomic E-state index is 14.8. The van der Waals surface area contributed by atoms with Gasteiger partial charge in [0, 0.05) is 29.0 Å². The Morgan fingerprint density at radius 2 is 1.76 bits per heavy atom. The second-order valence-electron chi connectivity index (χ2n) is 8.56. The van der Waals surface area contributed by atoms with Gasteiger partial charge in [-0.25, -0.2) is 18.6 Å². The molecular formula is C26H17ClF5N3O2S+2. The van der Waals surface area contributed by atoms with Crippen molar-refractivity contribution in [1.29, 1.82) is 0 Å². The van der Waals surface area contributed by atoms with Gasteiger partial charge in [-0.3, -0.25) is 0 Å². The van der Waals surface area contributed by atoms with Crippen LogP contribution < -0.4 is 9.47 Å². The second kappa shape index (κ2) is 9.57. The van der Waals surface area contributed by atoms with Crippen molar-refractivity contribution in [2.45, 2.75) is 19.6 Å². The van der Waals surface area contributed by atoms with E-state index in [9.17, 15) is 31.9 Å². The Morgan fingerprint density at radius 1 is 1.08 bits per heavy atom. The SMILES string of the molecule is Cc1ccc[n+]2c1[NH+](Cc1cnc(Cl)s1)C(=O)C(c1ccc(F)c(-c3cc(C(F)(F)F)ccc3F)c1)=C2O. The van der Waals surface area contributed by atoms with E-state index in [4.69, 9.17) is 11.6 Å². The number of fused-ring (bicyclic) bond motifs is 1. The number of nitrogens with zero attached hydrogens (tertiary/aromatic N) is 2. The lowest BCUT2D eigenvalue weighted by Gasteiger charge is -2.21. The summed E-state index contributed by atoms with van der Waals surface area (Å²) in [6.45, 7) is 1.89. The zero-order valence-electron chi connectivity index (χ0n) is 19.4. The number of amides is 1. The number of pyridine rings is 1. The first-order valence-electron chi connectivity index (χ1n) is 11.1. The molecule has 0 saturated carbocycles. The molecule has 0 spiro atoms. The van der Waals surface area contributed by atoms with Crippen LogP contribution in [0.4, 0.5) is 27.8 Å². The average molecular weight is 566 g/mol. The molecule has 0 saturated heterocycles. The molecule has 38 heavy (non-hydrogen) atoms. The van der Waals surface area contributed by atoms with E-state index in [0.717, 1.165) is 12.1 Å². The third-order valence-corrected chi connectivity index (χ3v) is 7.26. The highest BCUT2D eigenvalue weighted by Gasteiger charge is 2.46. The van der Waals surface area contributed by atoms with E-state index in [1.54, 1.807) is 25.3 Å². The summed E-state index contributed by atoms with van der Waals surface area (Å²) in [6.07, 6.45) is -1.71. The van der Waals surface area contributed by atoms with Crippen LogP contribution in [-0.4, -0.2) is 16.0 Å². The Hall–Kier alpha value is -3.67. The number of alkyl halides is 3. The number of aliphatic hydroxyl groups is 1. The first kappa shape index (κ1) is 26.0. The highest BCUT2D eigenvalue weighted by molar-refractivity contribution is 7.15. The van der Waals surface area contributed by atoms with Crippen LogP contribution in [0.3, 0.4) is 0 Å². The van der Waals surface area contributed by atoms with E-state index >= 15 is 0 Å². The fraction of sp³-hybridized carbons (Fsp3) is 0.115. The first-order chi connectivity index (χ1) is 18.0. The van der Waals surface area contributed by atoms with Crippen LogP contribution in [0.2, 0.25) is 4.47 Å². The van der Waals surface area contributed by atoms with Gasteiger partial charge in [0.25, 0.3) is 0 Å². The number of aliphatic hydroxyl groups excluding tert-OH is 1. The minimum absolute atomic E-state index is 0.000190. The van der Waals surface area contributed by atoms with Gasteiger partial charge < -0.3 is 5.11 Å². The second-order valence-corrected chi connectivity index (χ2v) is 10.3. The number of hydrogen-bond acceptors (Lipinski definition) is 4. The molecule has 1 atom stereocenters. The summed E-state index contributed by atoms with van der Waals surface area (Å²) < 4.78 is 70.9. The lowest BCUT2D eigenvalue weighted by atomic mass is 9.95. The van der Waals surface area contributed by atoms with Crippen LogP contribution in [0.1, 0.15) is 21.6 Å². The molecule has 3 heterocycles. The fourth-order valence-corrected chi connectivity index (χ4v) is 5.41. The largest absolute Gasteiger partial charge is 0.459 e. The molecule has 1 aliphatic rings. The topological polar surface area (TPSA) is 58.5 Å². The maximum absolute atomic E-state index is 14.8. The predicted octanol–water partition coefficient (Wildman–Crippen LogP) is 5.50. The van der Waals surface area contributed by atoms with Gasteiger partial charge in [0.15, 0.2) is 16.2 Å². The molecule has 2 aromatic carbocycles. The summed E-state index contributed by atoms with van der Waals surface area (Å²) in [5.41, 5.74) is -1.80. The number of carbonyl (C=O) groups excluding carboxylic acids is 1. The Kier molecular flexibility index (Phi) is 6.54. The number of quaternary nitrogens is 1. The normalized spacial score (nSPS) is 15.7. The third kappa shape index (κ3) is 4.57. The molecule has 12 heteroatoms. The van der Waals surface area contributed by atoms with Crippen LogP contribution in [0.15, 0.2) is 60.9 Å². The number of hydrogen-bond donors (Lipinski definition) is 2. The van der Waals surface area contributed by atoms with Crippen LogP contribution in [0, 0.1) is 18.6 Å². The number of halogens is 6. The molecule has 0 radical (unpaired) electrons. The number of nitrogens with one attached hydrogen (secondary N) is 1. The molecule has 1 aliphatic heterocycles. The zero-order chi connectivity index (χ0) is 27.4. The van der Waals surface area contributed by atoms with Crippen LogP contribution in [0.25, 0.3) is 22.6 Å². The van der Waals surface area contributed by atoms with Gasteiger partial charge in [0.05, 0.1) is 16.0 Å². The Labute approximate surface area is 221 Å². The third-order valence-electron chi connectivity index (χ3n) is 6.15. The molecule has 4 aromatic rings. The van der Waals surface area contributed by atoms with Crippen molar-refractivity contribution >= 4 is 46.1 Å². The lowest BCUT2D eigenvalue weighted by Crippen LogP contribution is -3.11. The monoisotopic (exact) mass is 565 g/mol. The van der Waals surface area contributed by atoms with Gasteiger partial charge in [-0.1, -0.05) is 22.2 Å². The van der Waals surface area contributed by atoms with Crippen molar-refractivity contribution in [3.63, 3.8) is 0 Å². The number of rotatable bonds is 4. The maximum Gasteiger partial charge on any atom is 0.416 e. The van der Waals surface area contributed by atoms with Gasteiger partial charge in [-0.15, -0.1) is 11.3 Å². The van der Waals surface area contributed by atoms with Crippen molar-refractivity contribution in [3.8, 4) is 11.1 Å². The first-order valence-corrected chi connectivity index (χ1v) is 12.3. The number of benzene rings is 2. The number of thiazole rings is 1. The molecule has 5 nitrogen and oxygen atoms in total. The summed E-state index contributed by atoms with van der Waals surface area (Å²) in [4.78, 5) is 18.8. The molecule has 1 unspecified atom stereocenters. The zero-order valence-corrected chi connectivity index (χ0v) is 21.0. The van der Waals surface area contributed by atoms with E-state index < -0.39 is 46.3 Å². The van der Waals surface area contributed by atoms with Crippen molar-refractivity contribution in [2.75, 3.05) is 0 Å². The number of carbonyl (C=O) groups is 1. The predicted molar refractivity (Wildman–Crippen MR) is 130 cm³/mol.